The molecular formula is C22H27N5O2. The molecule has 29 heavy (non-hydrogen) atoms. The first kappa shape index (κ1) is 19.4. The fourth-order valence-electron chi connectivity index (χ4n) is 4.17. The Balaban J connectivity index is 1.56. The number of hydrogen-bond donors (Lipinski definition) is 2. The van der Waals surface area contributed by atoms with Crippen molar-refractivity contribution in [2.24, 2.45) is 5.92 Å². The summed E-state index contributed by atoms with van der Waals surface area (Å²) in [4.78, 5) is 36.0. The van der Waals surface area contributed by atoms with E-state index in [1.165, 1.54) is 5.56 Å². The molecule has 0 bridgehead atoms. The second-order valence-corrected chi connectivity index (χ2v) is 7.69. The van der Waals surface area contributed by atoms with E-state index in [0.717, 1.165) is 61.5 Å². The average molecular weight is 393 g/mol. The van der Waals surface area contributed by atoms with Crippen molar-refractivity contribution in [3.8, 4) is 11.4 Å². The number of benzene rings is 1. The number of piperidine rings is 1. The zero-order valence-corrected chi connectivity index (χ0v) is 16.8. The van der Waals surface area contributed by atoms with Crippen LogP contribution in [0.2, 0.25) is 0 Å². The van der Waals surface area contributed by atoms with Crippen molar-refractivity contribution >= 4 is 17.6 Å². The van der Waals surface area contributed by atoms with Gasteiger partial charge in [0, 0.05) is 37.0 Å². The second kappa shape index (κ2) is 8.59. The molecule has 1 aromatic carbocycles. The van der Waals surface area contributed by atoms with Gasteiger partial charge >= 0.3 is 0 Å². The lowest BCUT2D eigenvalue weighted by molar-refractivity contribution is -0.128. The van der Waals surface area contributed by atoms with E-state index in [1.807, 2.05) is 30.3 Å². The van der Waals surface area contributed by atoms with Gasteiger partial charge in [0.05, 0.1) is 12.5 Å². The zero-order chi connectivity index (χ0) is 20.2. The lowest BCUT2D eigenvalue weighted by Crippen LogP contribution is -2.45. The highest BCUT2D eigenvalue weighted by molar-refractivity contribution is 5.86. The minimum Gasteiger partial charge on any atom is -0.358 e. The summed E-state index contributed by atoms with van der Waals surface area (Å²) in [6.45, 7) is 1.53. The van der Waals surface area contributed by atoms with Crippen LogP contribution in [0.15, 0.2) is 30.3 Å². The number of nitrogens with one attached hydrogen (secondary N) is 2. The molecule has 0 unspecified atom stereocenters. The van der Waals surface area contributed by atoms with Crippen LogP contribution in [0, 0.1) is 5.92 Å². The van der Waals surface area contributed by atoms with E-state index in [4.69, 9.17) is 9.97 Å². The van der Waals surface area contributed by atoms with Crippen LogP contribution in [0.1, 0.15) is 30.5 Å². The number of aromatic nitrogens is 2. The van der Waals surface area contributed by atoms with Gasteiger partial charge in [-0.15, -0.1) is 0 Å². The van der Waals surface area contributed by atoms with Crippen LogP contribution in [0.5, 0.6) is 0 Å². The maximum absolute atomic E-state index is 12.6. The summed E-state index contributed by atoms with van der Waals surface area (Å²) in [7, 11) is 1.57. The number of anilines is 1. The highest BCUT2D eigenvalue weighted by Crippen LogP contribution is 2.33. The third kappa shape index (κ3) is 4.23. The van der Waals surface area contributed by atoms with E-state index in [-0.39, 0.29) is 24.3 Å². The number of nitrogens with zero attached hydrogens (tertiary/aromatic N) is 3. The molecule has 1 fully saturated rings. The van der Waals surface area contributed by atoms with Crippen molar-refractivity contribution in [2.75, 3.05) is 31.6 Å². The summed E-state index contributed by atoms with van der Waals surface area (Å²) < 4.78 is 0. The molecule has 0 radical (unpaired) electrons. The van der Waals surface area contributed by atoms with Gasteiger partial charge in [-0.3, -0.25) is 9.59 Å². The number of likely N-dealkylation sites (N-methyl/N-ethyl adjacent to an activating group) is 1. The highest BCUT2D eigenvalue weighted by atomic mass is 16.2. The lowest BCUT2D eigenvalue weighted by atomic mass is 9.96. The minimum absolute atomic E-state index is 0.0207. The molecule has 2 aromatic rings. The Kier molecular flexibility index (Phi) is 5.74. The van der Waals surface area contributed by atoms with Gasteiger partial charge in [-0.2, -0.15) is 0 Å². The molecule has 1 saturated heterocycles. The predicted octanol–water partition coefficient (Wildman–Crippen LogP) is 1.71. The number of aryl methyl sites for hydroxylation is 1. The van der Waals surface area contributed by atoms with Crippen LogP contribution in [0.4, 0.5) is 5.82 Å². The van der Waals surface area contributed by atoms with Crippen LogP contribution in [-0.2, 0) is 22.4 Å². The molecule has 1 aliphatic heterocycles. The number of carbonyl (C=O) groups is 2. The summed E-state index contributed by atoms with van der Waals surface area (Å²) in [5, 5.41) is 5.28. The predicted molar refractivity (Wildman–Crippen MR) is 112 cm³/mol. The first-order valence-electron chi connectivity index (χ1n) is 10.3. The standard InChI is InChI=1S/C22H27N5O2/c1-23-19(28)13-24-22(29)16-9-6-12-27(14-16)21-17-10-5-11-18(17)25-20(26-21)15-7-3-2-4-8-15/h2-4,7-8,16H,5-6,9-14H2,1H3,(H,23,28)(H,24,29)/t16-/m1/s1. The molecule has 0 saturated carbocycles. The van der Waals surface area contributed by atoms with Crippen molar-refractivity contribution < 1.29 is 9.59 Å². The van der Waals surface area contributed by atoms with Crippen LogP contribution in [0.3, 0.4) is 0 Å². The van der Waals surface area contributed by atoms with Gasteiger partial charge in [0.2, 0.25) is 11.8 Å². The number of hydrogen-bond acceptors (Lipinski definition) is 5. The van der Waals surface area contributed by atoms with Crippen LogP contribution in [0.25, 0.3) is 11.4 Å². The van der Waals surface area contributed by atoms with E-state index in [1.54, 1.807) is 7.05 Å². The Morgan fingerprint density at radius 1 is 1.14 bits per heavy atom. The monoisotopic (exact) mass is 393 g/mol. The maximum atomic E-state index is 12.6. The summed E-state index contributed by atoms with van der Waals surface area (Å²) in [5.41, 5.74) is 3.39. The number of amides is 2. The molecule has 7 heteroatoms. The van der Waals surface area contributed by atoms with Crippen molar-refractivity contribution in [3.05, 3.63) is 41.6 Å². The molecule has 1 atom stereocenters. The second-order valence-electron chi connectivity index (χ2n) is 7.69. The highest BCUT2D eigenvalue weighted by Gasteiger charge is 2.30. The van der Waals surface area contributed by atoms with Gasteiger partial charge in [0.1, 0.15) is 5.82 Å². The lowest BCUT2D eigenvalue weighted by Gasteiger charge is -2.34. The molecule has 2 heterocycles. The topological polar surface area (TPSA) is 87.2 Å². The van der Waals surface area contributed by atoms with Gasteiger partial charge < -0.3 is 15.5 Å². The van der Waals surface area contributed by atoms with Crippen molar-refractivity contribution in [2.45, 2.75) is 32.1 Å². The van der Waals surface area contributed by atoms with Gasteiger partial charge in [0.15, 0.2) is 5.82 Å². The summed E-state index contributed by atoms with van der Waals surface area (Å²) >= 11 is 0. The third-order valence-electron chi connectivity index (χ3n) is 5.74. The van der Waals surface area contributed by atoms with Crippen molar-refractivity contribution in [1.29, 1.82) is 0 Å². The largest absolute Gasteiger partial charge is 0.358 e. The molecular weight excluding hydrogens is 366 g/mol. The Bertz CT molecular complexity index is 900. The number of carbonyl (C=O) groups excluding carboxylic acids is 2. The molecule has 152 valence electrons. The third-order valence-corrected chi connectivity index (χ3v) is 5.74. The van der Waals surface area contributed by atoms with Crippen LogP contribution < -0.4 is 15.5 Å². The van der Waals surface area contributed by atoms with Crippen LogP contribution >= 0.6 is 0 Å². The minimum atomic E-state index is -0.188. The molecule has 2 N–H and O–H groups in total. The molecule has 0 spiro atoms. The Labute approximate surface area is 170 Å². The average Bonchev–Trinajstić information content (AvgIpc) is 3.26. The molecule has 4 rings (SSSR count). The fourth-order valence-corrected chi connectivity index (χ4v) is 4.17. The maximum Gasteiger partial charge on any atom is 0.239 e. The van der Waals surface area contributed by atoms with E-state index in [9.17, 15) is 9.59 Å². The van der Waals surface area contributed by atoms with Crippen LogP contribution in [-0.4, -0.2) is 48.5 Å². The van der Waals surface area contributed by atoms with E-state index in [0.29, 0.717) is 6.54 Å². The molecule has 7 nitrogen and oxygen atoms in total. The van der Waals surface area contributed by atoms with Gasteiger partial charge in [-0.1, -0.05) is 30.3 Å². The Hall–Kier alpha value is -2.96. The van der Waals surface area contributed by atoms with Crippen molar-refractivity contribution in [1.82, 2.24) is 20.6 Å². The Morgan fingerprint density at radius 2 is 1.97 bits per heavy atom. The van der Waals surface area contributed by atoms with Gasteiger partial charge in [-0.25, -0.2) is 9.97 Å². The summed E-state index contributed by atoms with van der Waals surface area (Å²) in [6, 6.07) is 10.1. The molecule has 1 aliphatic carbocycles. The molecule has 2 aliphatic rings. The smallest absolute Gasteiger partial charge is 0.239 e. The number of fused-ring (bicyclic) bond motifs is 1. The zero-order valence-electron chi connectivity index (χ0n) is 16.8. The first-order valence-corrected chi connectivity index (χ1v) is 10.3. The van der Waals surface area contributed by atoms with E-state index in [2.05, 4.69) is 15.5 Å². The molecule has 1 aromatic heterocycles. The first-order chi connectivity index (χ1) is 14.2. The summed E-state index contributed by atoms with van der Waals surface area (Å²) in [5.74, 6) is 1.35. The Morgan fingerprint density at radius 3 is 2.76 bits per heavy atom. The molecule has 2 amide bonds. The van der Waals surface area contributed by atoms with Gasteiger partial charge in [0.25, 0.3) is 0 Å². The quantitative estimate of drug-likeness (QED) is 0.808. The summed E-state index contributed by atoms with van der Waals surface area (Å²) in [6.07, 6.45) is 4.82. The van der Waals surface area contributed by atoms with Crippen molar-refractivity contribution in [3.63, 3.8) is 0 Å². The normalized spacial score (nSPS) is 18.2. The SMILES string of the molecule is CNC(=O)CNC(=O)[C@@H]1CCCN(c2nc(-c3ccccc3)nc3c2CCC3)C1. The van der Waals surface area contributed by atoms with Gasteiger partial charge in [-0.05, 0) is 32.1 Å². The fraction of sp³-hybridized carbons (Fsp3) is 0.455. The number of rotatable bonds is 5. The van der Waals surface area contributed by atoms with E-state index < -0.39 is 0 Å². The van der Waals surface area contributed by atoms with E-state index >= 15 is 0 Å².